The Bertz CT molecular complexity index is 1400. The molecule has 1 atom stereocenters. The van der Waals surface area contributed by atoms with Crippen LogP contribution in [0.2, 0.25) is 0 Å². The fourth-order valence-electron chi connectivity index (χ4n) is 7.43. The van der Waals surface area contributed by atoms with Crippen molar-refractivity contribution in [3.8, 4) is 0 Å². The number of amides is 3. The lowest BCUT2D eigenvalue weighted by Crippen LogP contribution is -2.82. The van der Waals surface area contributed by atoms with Crippen LogP contribution in [-0.4, -0.2) is 80.4 Å². The quantitative estimate of drug-likeness (QED) is 0.282. The molecule has 2 aromatic carbocycles. The van der Waals surface area contributed by atoms with Crippen molar-refractivity contribution in [1.29, 1.82) is 0 Å². The third kappa shape index (κ3) is 5.78. The molecular formula is C34H39N3O7. The zero-order chi connectivity index (χ0) is 31.6. The van der Waals surface area contributed by atoms with E-state index < -0.39 is 23.5 Å². The van der Waals surface area contributed by atoms with Crippen molar-refractivity contribution in [2.45, 2.75) is 70.0 Å². The summed E-state index contributed by atoms with van der Waals surface area (Å²) in [4.78, 5) is 65.3. The first-order valence-electron chi connectivity index (χ1n) is 15.3. The van der Waals surface area contributed by atoms with Crippen LogP contribution in [-0.2, 0) is 14.4 Å². The van der Waals surface area contributed by atoms with E-state index >= 15 is 0 Å². The molecule has 1 aliphatic carbocycles. The number of nitrogens with zero attached hydrogens (tertiary/aromatic N) is 3. The van der Waals surface area contributed by atoms with E-state index in [9.17, 15) is 24.0 Å². The van der Waals surface area contributed by atoms with Crippen molar-refractivity contribution in [2.24, 2.45) is 11.8 Å². The molecule has 0 bridgehead atoms. The minimum absolute atomic E-state index is 0.151. The van der Waals surface area contributed by atoms with Gasteiger partial charge in [-0.2, -0.15) is 0 Å². The van der Waals surface area contributed by atoms with E-state index in [1.54, 1.807) is 24.3 Å². The Hall–Kier alpha value is -4.31. The Morgan fingerprint density at radius 2 is 1.30 bits per heavy atom. The maximum Gasteiger partial charge on any atom is 0.328 e. The van der Waals surface area contributed by atoms with Gasteiger partial charge in [-0.25, -0.2) is 9.59 Å². The molecule has 3 heterocycles. The lowest BCUT2D eigenvalue weighted by molar-refractivity contribution is -0.138. The van der Waals surface area contributed by atoms with Crippen LogP contribution in [0.4, 0.5) is 5.69 Å². The Balaban J connectivity index is 0.000000426. The molecule has 4 aliphatic rings. The maximum atomic E-state index is 13.7. The Morgan fingerprint density at radius 3 is 1.77 bits per heavy atom. The molecule has 44 heavy (non-hydrogen) atoms. The van der Waals surface area contributed by atoms with Gasteiger partial charge in [-0.15, -0.1) is 0 Å². The standard InChI is InChI=1S/C30H35N3O3.C4H4O4/c1-20(2)21-12-14-22(15-13-21)31-18-16-30(17-19-31)26(29(36)33(30)23-8-4-3-5-9-23)32-27(34)24-10-6-7-11-25(24)28(32)35;5-3(6)1-2-4(7)8/h3-11,20-22,26H,12-19H2,1-2H3;1-2H,(H,5,6)(H,7,8)/t21-,22+,26?;. The summed E-state index contributed by atoms with van der Waals surface area (Å²) in [5.74, 6) is -1.77. The monoisotopic (exact) mass is 601 g/mol. The highest BCUT2D eigenvalue weighted by Gasteiger charge is 2.66. The van der Waals surface area contributed by atoms with E-state index in [1.807, 2.05) is 35.2 Å². The van der Waals surface area contributed by atoms with E-state index in [0.717, 1.165) is 43.5 Å². The van der Waals surface area contributed by atoms with E-state index in [1.165, 1.54) is 30.6 Å². The lowest BCUT2D eigenvalue weighted by Gasteiger charge is -2.62. The second kappa shape index (κ2) is 12.7. The minimum atomic E-state index is -1.26. The normalized spacial score (nSPS) is 24.7. The fraction of sp³-hybridized carbons (Fsp3) is 0.441. The number of carboxylic acid groups (broad SMARTS) is 2. The molecule has 1 spiro atoms. The summed E-state index contributed by atoms with van der Waals surface area (Å²) in [6.45, 7) is 6.43. The van der Waals surface area contributed by atoms with Crippen LogP contribution in [0.5, 0.6) is 0 Å². The lowest BCUT2D eigenvalue weighted by atomic mass is 9.69. The Labute approximate surface area is 256 Å². The van der Waals surface area contributed by atoms with Gasteiger partial charge >= 0.3 is 11.9 Å². The SMILES string of the molecule is CC(C)[C@H]1CC[C@@H](N2CCC3(CC2)C(N2C(=O)c4ccccc4C2=O)C(=O)N3c2ccccc2)CC1.O=C(O)C=CC(=O)O. The van der Waals surface area contributed by atoms with Crippen molar-refractivity contribution in [3.05, 3.63) is 77.9 Å². The summed E-state index contributed by atoms with van der Waals surface area (Å²) in [6.07, 6.45) is 7.68. The number of para-hydroxylation sites is 1. The van der Waals surface area contributed by atoms with Gasteiger partial charge in [0, 0.05) is 37.0 Å². The van der Waals surface area contributed by atoms with Crippen molar-refractivity contribution < 1.29 is 34.2 Å². The number of piperidine rings is 1. The molecule has 3 fully saturated rings. The van der Waals surface area contributed by atoms with Gasteiger partial charge < -0.3 is 20.0 Å². The molecule has 232 valence electrons. The average Bonchev–Trinajstić information content (AvgIpc) is 3.26. The number of carbonyl (C=O) groups excluding carboxylic acids is 3. The number of aliphatic carboxylic acids is 2. The predicted molar refractivity (Wildman–Crippen MR) is 163 cm³/mol. The zero-order valence-corrected chi connectivity index (χ0v) is 25.1. The smallest absolute Gasteiger partial charge is 0.328 e. The van der Waals surface area contributed by atoms with Gasteiger partial charge in [0.1, 0.15) is 6.04 Å². The average molecular weight is 602 g/mol. The first-order valence-corrected chi connectivity index (χ1v) is 15.3. The number of likely N-dealkylation sites (tertiary alicyclic amines) is 1. The molecule has 2 aromatic rings. The summed E-state index contributed by atoms with van der Waals surface area (Å²) >= 11 is 0. The number of β-lactam (4-membered cyclic amide) rings is 1. The number of rotatable bonds is 6. The number of benzene rings is 2. The van der Waals surface area contributed by atoms with Crippen LogP contribution >= 0.6 is 0 Å². The number of imide groups is 1. The van der Waals surface area contributed by atoms with E-state index in [-0.39, 0.29) is 17.7 Å². The molecular weight excluding hydrogens is 562 g/mol. The highest BCUT2D eigenvalue weighted by Crippen LogP contribution is 2.49. The number of anilines is 1. The molecule has 2 N–H and O–H groups in total. The number of carboxylic acids is 2. The fourth-order valence-corrected chi connectivity index (χ4v) is 7.43. The Kier molecular flexibility index (Phi) is 9.01. The minimum Gasteiger partial charge on any atom is -0.478 e. The molecule has 0 aromatic heterocycles. The van der Waals surface area contributed by atoms with Crippen LogP contribution in [0.1, 0.15) is 73.1 Å². The van der Waals surface area contributed by atoms with Crippen LogP contribution in [0.15, 0.2) is 66.7 Å². The first-order chi connectivity index (χ1) is 21.0. The summed E-state index contributed by atoms with van der Waals surface area (Å²) < 4.78 is 0. The largest absolute Gasteiger partial charge is 0.478 e. The summed E-state index contributed by atoms with van der Waals surface area (Å²) in [6, 6.07) is 16.5. The summed E-state index contributed by atoms with van der Waals surface area (Å²) in [7, 11) is 0. The third-order valence-electron chi connectivity index (χ3n) is 9.74. The molecule has 3 aliphatic heterocycles. The molecule has 0 radical (unpaired) electrons. The van der Waals surface area contributed by atoms with Gasteiger partial charge in [0.25, 0.3) is 17.7 Å². The second-order valence-corrected chi connectivity index (χ2v) is 12.4. The number of hydrogen-bond donors (Lipinski definition) is 2. The van der Waals surface area contributed by atoms with Crippen LogP contribution in [0, 0.1) is 11.8 Å². The summed E-state index contributed by atoms with van der Waals surface area (Å²) in [5, 5.41) is 15.6. The summed E-state index contributed by atoms with van der Waals surface area (Å²) in [5.41, 5.74) is 1.10. The maximum absolute atomic E-state index is 13.7. The number of hydrogen-bond acceptors (Lipinski definition) is 6. The highest BCUT2D eigenvalue weighted by molar-refractivity contribution is 6.25. The van der Waals surface area contributed by atoms with Gasteiger partial charge in [-0.05, 0) is 74.6 Å². The number of carbonyl (C=O) groups is 5. The van der Waals surface area contributed by atoms with Gasteiger partial charge in [-0.3, -0.25) is 19.3 Å². The second-order valence-electron chi connectivity index (χ2n) is 12.4. The molecule has 6 rings (SSSR count). The van der Waals surface area contributed by atoms with E-state index in [4.69, 9.17) is 10.2 Å². The molecule has 10 heteroatoms. The van der Waals surface area contributed by atoms with Gasteiger partial charge in [-0.1, -0.05) is 44.2 Å². The van der Waals surface area contributed by atoms with Crippen molar-refractivity contribution >= 4 is 35.3 Å². The molecule has 3 amide bonds. The van der Waals surface area contributed by atoms with E-state index in [2.05, 4.69) is 18.7 Å². The third-order valence-corrected chi connectivity index (χ3v) is 9.74. The van der Waals surface area contributed by atoms with Gasteiger partial charge in [0.05, 0.1) is 16.7 Å². The van der Waals surface area contributed by atoms with Gasteiger partial charge in [0.2, 0.25) is 0 Å². The van der Waals surface area contributed by atoms with Crippen LogP contribution in [0.25, 0.3) is 0 Å². The molecule has 1 unspecified atom stereocenters. The highest BCUT2D eigenvalue weighted by atomic mass is 16.4. The van der Waals surface area contributed by atoms with Crippen molar-refractivity contribution in [3.63, 3.8) is 0 Å². The van der Waals surface area contributed by atoms with Crippen molar-refractivity contribution in [2.75, 3.05) is 18.0 Å². The van der Waals surface area contributed by atoms with Crippen LogP contribution in [0.3, 0.4) is 0 Å². The topological polar surface area (TPSA) is 136 Å². The molecule has 1 saturated carbocycles. The molecule has 2 saturated heterocycles. The Morgan fingerprint density at radius 1 is 0.795 bits per heavy atom. The van der Waals surface area contributed by atoms with Gasteiger partial charge in [0.15, 0.2) is 0 Å². The van der Waals surface area contributed by atoms with Crippen molar-refractivity contribution in [1.82, 2.24) is 9.80 Å². The van der Waals surface area contributed by atoms with Crippen LogP contribution < -0.4 is 4.90 Å². The predicted octanol–water partition coefficient (Wildman–Crippen LogP) is 4.46. The zero-order valence-electron chi connectivity index (χ0n) is 25.1. The first kappa shape index (κ1) is 31.1. The number of fused-ring (bicyclic) bond motifs is 1. The van der Waals surface area contributed by atoms with E-state index in [0.29, 0.717) is 29.3 Å². The molecule has 10 nitrogen and oxygen atoms in total.